The summed E-state index contributed by atoms with van der Waals surface area (Å²) >= 11 is 1.53. The van der Waals surface area contributed by atoms with Gasteiger partial charge in [0.15, 0.2) is 0 Å². The van der Waals surface area contributed by atoms with E-state index in [1.165, 1.54) is 23.1 Å². The molecule has 2 N–H and O–H groups in total. The average molecular weight is 676 g/mol. The van der Waals surface area contributed by atoms with Crippen LogP contribution < -0.4 is 15.6 Å². The number of aromatic carboxylic acids is 1. The van der Waals surface area contributed by atoms with Crippen LogP contribution in [0.1, 0.15) is 59.4 Å². The van der Waals surface area contributed by atoms with Crippen molar-refractivity contribution < 1.29 is 28.6 Å². The molecule has 1 aliphatic heterocycles. The summed E-state index contributed by atoms with van der Waals surface area (Å²) in [5.74, 6) is -2.56. The van der Waals surface area contributed by atoms with Gasteiger partial charge in [-0.25, -0.2) is 19.0 Å². The number of aryl methyl sites for hydroxylation is 1. The molecule has 252 valence electrons. The molecule has 2 aromatic heterocycles. The van der Waals surface area contributed by atoms with Crippen molar-refractivity contribution in [1.82, 2.24) is 14.5 Å². The van der Waals surface area contributed by atoms with E-state index in [4.69, 9.17) is 4.74 Å². The molecule has 4 aromatic rings. The highest BCUT2D eigenvalue weighted by Gasteiger charge is 2.26. The summed E-state index contributed by atoms with van der Waals surface area (Å²) in [7, 11) is 0. The number of carboxylic acids is 1. The first kappa shape index (κ1) is 34.3. The van der Waals surface area contributed by atoms with E-state index in [2.05, 4.69) is 16.4 Å². The fourth-order valence-electron chi connectivity index (χ4n) is 5.39. The molecule has 0 aliphatic carbocycles. The number of allylic oxidation sites excluding steroid dienone is 2. The number of pyridine rings is 1. The smallest absolute Gasteiger partial charge is 0.410 e. The number of halogens is 1. The van der Waals surface area contributed by atoms with Crippen LogP contribution in [0.3, 0.4) is 0 Å². The fraction of sp³-hybridized carbons (Fsp3) is 0.343. The molecule has 1 fully saturated rings. The number of carbonyl (C=O) groups excluding carboxylic acids is 2. The lowest BCUT2D eigenvalue weighted by molar-refractivity contribution is -0.117. The van der Waals surface area contributed by atoms with E-state index >= 15 is 4.39 Å². The van der Waals surface area contributed by atoms with Gasteiger partial charge in [-0.2, -0.15) is 0 Å². The van der Waals surface area contributed by atoms with Crippen LogP contribution in [0.25, 0.3) is 10.9 Å². The maximum atomic E-state index is 15.2. The summed E-state index contributed by atoms with van der Waals surface area (Å²) in [6, 6.07) is 9.73. The fourth-order valence-corrected chi connectivity index (χ4v) is 6.32. The Labute approximate surface area is 281 Å². The molecular weight excluding hydrogens is 637 g/mol. The van der Waals surface area contributed by atoms with Crippen molar-refractivity contribution in [3.8, 4) is 0 Å². The molecule has 1 saturated heterocycles. The van der Waals surface area contributed by atoms with Gasteiger partial charge in [0.25, 0.3) is 0 Å². The lowest BCUT2D eigenvalue weighted by Gasteiger charge is -2.35. The van der Waals surface area contributed by atoms with E-state index in [1.54, 1.807) is 44.7 Å². The van der Waals surface area contributed by atoms with E-state index in [-0.39, 0.29) is 23.6 Å². The maximum absolute atomic E-state index is 15.2. The molecule has 5 rings (SSSR count). The number of aromatic nitrogens is 2. The number of fused-ring (bicyclic) bond motifs is 1. The molecule has 48 heavy (non-hydrogen) atoms. The van der Waals surface area contributed by atoms with Crippen LogP contribution in [0.5, 0.6) is 0 Å². The third-order valence-corrected chi connectivity index (χ3v) is 9.43. The third-order valence-electron chi connectivity index (χ3n) is 8.23. The number of ether oxygens (including phenoxy) is 1. The minimum atomic E-state index is -1.36. The van der Waals surface area contributed by atoms with Gasteiger partial charge in [0.05, 0.1) is 17.1 Å². The first-order valence-corrected chi connectivity index (χ1v) is 16.5. The van der Waals surface area contributed by atoms with Crippen LogP contribution in [-0.4, -0.2) is 63.7 Å². The molecule has 0 radical (unpaired) electrons. The van der Waals surface area contributed by atoms with Crippen LogP contribution in [0.2, 0.25) is 0 Å². The highest BCUT2D eigenvalue weighted by molar-refractivity contribution is 7.11. The Bertz CT molecular complexity index is 1920. The van der Waals surface area contributed by atoms with Crippen molar-refractivity contribution in [1.29, 1.82) is 0 Å². The lowest BCUT2D eigenvalue weighted by atomic mass is 10.1. The second-order valence-electron chi connectivity index (χ2n) is 11.9. The molecule has 0 spiro atoms. The summed E-state index contributed by atoms with van der Waals surface area (Å²) in [5, 5.41) is 13.1. The molecule has 3 heterocycles. The van der Waals surface area contributed by atoms with Gasteiger partial charge in [0.2, 0.25) is 11.3 Å². The Kier molecular flexibility index (Phi) is 10.6. The number of amides is 2. The molecule has 1 atom stereocenters. The molecule has 13 heteroatoms. The van der Waals surface area contributed by atoms with Crippen molar-refractivity contribution in [2.75, 3.05) is 36.4 Å². The lowest BCUT2D eigenvalue weighted by Crippen LogP contribution is -2.49. The number of carboxylic acid groups (broad SMARTS) is 1. The Morgan fingerprint density at radius 3 is 2.48 bits per heavy atom. The van der Waals surface area contributed by atoms with Gasteiger partial charge in [0, 0.05) is 67.5 Å². The Hall–Kier alpha value is -5.04. The van der Waals surface area contributed by atoms with E-state index in [0.29, 0.717) is 43.9 Å². The average Bonchev–Trinajstić information content (AvgIpc) is 3.56. The first-order valence-electron chi connectivity index (χ1n) is 15.7. The Morgan fingerprint density at radius 1 is 1.12 bits per heavy atom. The predicted molar refractivity (Wildman–Crippen MR) is 184 cm³/mol. The summed E-state index contributed by atoms with van der Waals surface area (Å²) in [6.07, 6.45) is 5.53. The molecular formula is C35H38FN5O6S. The summed E-state index contributed by atoms with van der Waals surface area (Å²) in [6.45, 7) is 9.44. The molecule has 0 bridgehead atoms. The van der Waals surface area contributed by atoms with Gasteiger partial charge in [-0.05, 0) is 57.5 Å². The van der Waals surface area contributed by atoms with Gasteiger partial charge in [-0.3, -0.25) is 9.59 Å². The second kappa shape index (κ2) is 14.8. The van der Waals surface area contributed by atoms with Gasteiger partial charge in [-0.1, -0.05) is 23.8 Å². The highest BCUT2D eigenvalue weighted by atomic mass is 32.1. The van der Waals surface area contributed by atoms with Crippen LogP contribution in [0.15, 0.2) is 65.2 Å². The summed E-state index contributed by atoms with van der Waals surface area (Å²) < 4.78 is 22.4. The number of rotatable bonds is 10. The monoisotopic (exact) mass is 675 g/mol. The van der Waals surface area contributed by atoms with Crippen molar-refractivity contribution in [2.24, 2.45) is 0 Å². The normalized spacial score (nSPS) is 13.7. The quantitative estimate of drug-likeness (QED) is 0.195. The number of nitrogens with zero attached hydrogens (tertiary/aromatic N) is 4. The van der Waals surface area contributed by atoms with Crippen molar-refractivity contribution in [3.05, 3.63) is 97.5 Å². The van der Waals surface area contributed by atoms with E-state index in [0.717, 1.165) is 27.9 Å². The third kappa shape index (κ3) is 7.73. The summed E-state index contributed by atoms with van der Waals surface area (Å²) in [5.41, 5.74) is 2.18. The molecule has 1 unspecified atom stereocenters. The second-order valence-corrected chi connectivity index (χ2v) is 13.0. The predicted octanol–water partition coefficient (Wildman–Crippen LogP) is 6.02. The van der Waals surface area contributed by atoms with Crippen molar-refractivity contribution >= 4 is 51.6 Å². The molecule has 1 aliphatic rings. The van der Waals surface area contributed by atoms with Crippen LogP contribution >= 0.6 is 11.3 Å². The molecule has 0 saturated carbocycles. The van der Waals surface area contributed by atoms with Crippen LogP contribution in [0, 0.1) is 5.82 Å². The Balaban J connectivity index is 1.13. The SMILES string of the molecule is CCn1cc(C(=O)O)c(=O)c2cc(F)c(N3CCN(C(=O)OCc4ccc(NC(=O)C(C)c5ncc(CC=C(C)C)s5)cc4)CC3)cc21. The minimum absolute atomic E-state index is 0.00483. The number of carbonyl (C=O) groups is 3. The van der Waals surface area contributed by atoms with Gasteiger partial charge < -0.3 is 29.5 Å². The van der Waals surface area contributed by atoms with Crippen LogP contribution in [0.4, 0.5) is 20.6 Å². The summed E-state index contributed by atoms with van der Waals surface area (Å²) in [4.78, 5) is 58.7. The van der Waals surface area contributed by atoms with E-state index in [1.807, 2.05) is 33.9 Å². The van der Waals surface area contributed by atoms with Gasteiger partial charge in [0.1, 0.15) is 23.0 Å². The highest BCUT2D eigenvalue weighted by Crippen LogP contribution is 2.27. The topological polar surface area (TPSA) is 134 Å². The van der Waals surface area contributed by atoms with Gasteiger partial charge in [-0.15, -0.1) is 11.3 Å². The van der Waals surface area contributed by atoms with Gasteiger partial charge >= 0.3 is 12.1 Å². The van der Waals surface area contributed by atoms with Crippen molar-refractivity contribution in [3.63, 3.8) is 0 Å². The number of hydrogen-bond donors (Lipinski definition) is 2. The zero-order valence-electron chi connectivity index (χ0n) is 27.3. The number of hydrogen-bond acceptors (Lipinski definition) is 8. The van der Waals surface area contributed by atoms with Crippen molar-refractivity contribution in [2.45, 2.75) is 53.2 Å². The number of anilines is 2. The molecule has 2 amide bonds. The molecule has 11 nitrogen and oxygen atoms in total. The zero-order chi connectivity index (χ0) is 34.5. The number of thiazole rings is 1. The number of benzene rings is 2. The standard InChI is InChI=1S/C35H38FN5O6S/c1-5-39-19-27(34(44)45)31(42)26-16-28(36)30(17-29(26)39)40-12-14-41(15-13-40)35(46)47-20-23-7-9-24(10-8-23)38-32(43)22(4)33-37-18-25(48-33)11-6-21(2)3/h6-10,16-19,22H,5,11-15,20H2,1-4H3,(H,38,43)(H,44,45). The maximum Gasteiger partial charge on any atom is 0.410 e. The Morgan fingerprint density at radius 2 is 1.83 bits per heavy atom. The number of piperazine rings is 1. The van der Waals surface area contributed by atoms with E-state index < -0.39 is 34.8 Å². The van der Waals surface area contributed by atoms with Crippen LogP contribution in [-0.2, 0) is 29.1 Å². The number of nitrogens with one attached hydrogen (secondary N) is 1. The minimum Gasteiger partial charge on any atom is -0.477 e. The molecule has 2 aromatic carbocycles. The van der Waals surface area contributed by atoms with E-state index in [9.17, 15) is 24.3 Å². The zero-order valence-corrected chi connectivity index (χ0v) is 28.1. The largest absolute Gasteiger partial charge is 0.477 e. The first-order chi connectivity index (χ1) is 22.9.